The Morgan fingerprint density at radius 3 is 2.33 bits per heavy atom. The lowest BCUT2D eigenvalue weighted by molar-refractivity contribution is 0.103. The minimum absolute atomic E-state index is 0.129. The summed E-state index contributed by atoms with van der Waals surface area (Å²) in [6.45, 7) is 5.85. The number of H-pyrrole nitrogens is 1. The minimum atomic E-state index is -0.129. The van der Waals surface area contributed by atoms with Gasteiger partial charge in [0, 0.05) is 16.3 Å². The Balaban J connectivity index is 2.54. The molecule has 0 unspecified atom stereocenters. The molecule has 0 saturated carbocycles. The Bertz CT molecular complexity index is 629. The molecule has 0 spiro atoms. The molecule has 0 aliphatic carbocycles. The van der Waals surface area contributed by atoms with Gasteiger partial charge in [0.05, 0.1) is 10.7 Å². The number of hydrogen-bond acceptors (Lipinski definition) is 1. The number of aromatic amines is 1. The maximum atomic E-state index is 12.4. The lowest BCUT2D eigenvalue weighted by Crippen LogP contribution is -2.04. The van der Waals surface area contributed by atoms with Crippen LogP contribution in [-0.2, 0) is 0 Å². The van der Waals surface area contributed by atoms with Crippen LogP contribution in [0.3, 0.4) is 0 Å². The third kappa shape index (κ3) is 2.18. The first-order valence-corrected chi connectivity index (χ1v) is 6.33. The van der Waals surface area contributed by atoms with Gasteiger partial charge in [0.25, 0.3) is 0 Å². The number of aromatic nitrogens is 1. The molecule has 2 nitrogen and oxygen atoms in total. The lowest BCUT2D eigenvalue weighted by atomic mass is 10.0. The van der Waals surface area contributed by atoms with E-state index in [0.717, 1.165) is 16.8 Å². The maximum absolute atomic E-state index is 12.4. The zero-order chi connectivity index (χ0) is 13.4. The zero-order valence-corrected chi connectivity index (χ0v) is 11.9. The summed E-state index contributed by atoms with van der Waals surface area (Å²) in [6.07, 6.45) is 0. The van der Waals surface area contributed by atoms with Crippen LogP contribution in [0, 0.1) is 20.8 Å². The molecule has 94 valence electrons. The van der Waals surface area contributed by atoms with Crippen LogP contribution in [-0.4, -0.2) is 10.8 Å². The van der Waals surface area contributed by atoms with Crippen molar-refractivity contribution in [2.45, 2.75) is 20.8 Å². The first-order chi connectivity index (χ1) is 8.41. The molecule has 0 bridgehead atoms. The van der Waals surface area contributed by atoms with Gasteiger partial charge in [-0.3, -0.25) is 4.79 Å². The second kappa shape index (κ2) is 4.79. The van der Waals surface area contributed by atoms with Crippen molar-refractivity contribution in [3.63, 3.8) is 0 Å². The molecule has 0 atom stereocenters. The van der Waals surface area contributed by atoms with Crippen LogP contribution in [0.15, 0.2) is 18.2 Å². The first-order valence-electron chi connectivity index (χ1n) is 5.57. The van der Waals surface area contributed by atoms with E-state index in [4.69, 9.17) is 23.2 Å². The standard InChI is InChI=1S/C14H13Cl2NO/c1-7-8(2)13(17-9(7)3)14(18)11-6-10(15)4-5-12(11)16/h4-6,17H,1-3H3. The van der Waals surface area contributed by atoms with Gasteiger partial charge in [0.15, 0.2) is 0 Å². The molecule has 0 radical (unpaired) electrons. The van der Waals surface area contributed by atoms with Crippen LogP contribution >= 0.6 is 23.2 Å². The van der Waals surface area contributed by atoms with Crippen molar-refractivity contribution in [1.82, 2.24) is 4.98 Å². The molecule has 0 aliphatic rings. The van der Waals surface area contributed by atoms with Crippen molar-refractivity contribution in [3.05, 3.63) is 56.3 Å². The van der Waals surface area contributed by atoms with Gasteiger partial charge in [-0.25, -0.2) is 0 Å². The number of nitrogens with one attached hydrogen (secondary N) is 1. The molecule has 0 fully saturated rings. The summed E-state index contributed by atoms with van der Waals surface area (Å²) in [5.74, 6) is -0.129. The highest BCUT2D eigenvalue weighted by Gasteiger charge is 2.19. The van der Waals surface area contributed by atoms with E-state index in [0.29, 0.717) is 21.3 Å². The number of aryl methyl sites for hydroxylation is 1. The van der Waals surface area contributed by atoms with E-state index in [2.05, 4.69) is 4.98 Å². The van der Waals surface area contributed by atoms with Crippen molar-refractivity contribution in [2.24, 2.45) is 0 Å². The fourth-order valence-electron chi connectivity index (χ4n) is 1.88. The van der Waals surface area contributed by atoms with Gasteiger partial charge < -0.3 is 4.98 Å². The minimum Gasteiger partial charge on any atom is -0.356 e. The molecule has 4 heteroatoms. The van der Waals surface area contributed by atoms with Crippen molar-refractivity contribution in [1.29, 1.82) is 0 Å². The summed E-state index contributed by atoms with van der Waals surface area (Å²) in [7, 11) is 0. The van der Waals surface area contributed by atoms with Gasteiger partial charge in [-0.05, 0) is 50.1 Å². The molecule has 2 rings (SSSR count). The topological polar surface area (TPSA) is 32.9 Å². The van der Waals surface area contributed by atoms with Crippen LogP contribution in [0.5, 0.6) is 0 Å². The van der Waals surface area contributed by atoms with Gasteiger partial charge >= 0.3 is 0 Å². The third-order valence-electron chi connectivity index (χ3n) is 3.21. The van der Waals surface area contributed by atoms with Crippen LogP contribution in [0.25, 0.3) is 0 Å². The molecule has 0 saturated heterocycles. The zero-order valence-electron chi connectivity index (χ0n) is 10.4. The molecule has 1 aromatic carbocycles. The quantitative estimate of drug-likeness (QED) is 0.809. The normalized spacial score (nSPS) is 10.7. The summed E-state index contributed by atoms with van der Waals surface area (Å²) >= 11 is 12.0. The van der Waals surface area contributed by atoms with Gasteiger partial charge in [0.1, 0.15) is 0 Å². The van der Waals surface area contributed by atoms with E-state index in [1.807, 2.05) is 20.8 Å². The monoisotopic (exact) mass is 281 g/mol. The number of carbonyl (C=O) groups excluding carboxylic acids is 1. The van der Waals surface area contributed by atoms with E-state index >= 15 is 0 Å². The Kier molecular flexibility index (Phi) is 3.51. The Morgan fingerprint density at radius 2 is 1.78 bits per heavy atom. The summed E-state index contributed by atoms with van der Waals surface area (Å²) in [5.41, 5.74) is 4.04. The highest BCUT2D eigenvalue weighted by molar-refractivity contribution is 6.36. The lowest BCUT2D eigenvalue weighted by Gasteiger charge is -2.04. The predicted octanol–water partition coefficient (Wildman–Crippen LogP) is 4.48. The van der Waals surface area contributed by atoms with Crippen molar-refractivity contribution in [3.8, 4) is 0 Å². The van der Waals surface area contributed by atoms with E-state index in [1.54, 1.807) is 18.2 Å². The second-order valence-electron chi connectivity index (χ2n) is 4.33. The number of benzene rings is 1. The van der Waals surface area contributed by atoms with Gasteiger partial charge in [-0.15, -0.1) is 0 Å². The molecular formula is C14H13Cl2NO. The number of rotatable bonds is 2. The fourth-order valence-corrected chi connectivity index (χ4v) is 2.25. The van der Waals surface area contributed by atoms with Gasteiger partial charge in [0.2, 0.25) is 5.78 Å². The molecule has 18 heavy (non-hydrogen) atoms. The van der Waals surface area contributed by atoms with Gasteiger partial charge in [-0.2, -0.15) is 0 Å². The number of ketones is 1. The van der Waals surface area contributed by atoms with Gasteiger partial charge in [-0.1, -0.05) is 23.2 Å². The first kappa shape index (κ1) is 13.2. The summed E-state index contributed by atoms with van der Waals surface area (Å²) < 4.78 is 0. The molecule has 1 N–H and O–H groups in total. The average molecular weight is 282 g/mol. The molecule has 2 aromatic rings. The smallest absolute Gasteiger partial charge is 0.211 e. The number of hydrogen-bond donors (Lipinski definition) is 1. The molecule has 0 aliphatic heterocycles. The van der Waals surface area contributed by atoms with Crippen LogP contribution in [0.1, 0.15) is 32.9 Å². The highest BCUT2D eigenvalue weighted by Crippen LogP contribution is 2.25. The Labute approximate surface area is 116 Å². The summed E-state index contributed by atoms with van der Waals surface area (Å²) in [6, 6.07) is 4.89. The van der Waals surface area contributed by atoms with Crippen molar-refractivity contribution < 1.29 is 4.79 Å². The molecule has 1 aromatic heterocycles. The molecular weight excluding hydrogens is 269 g/mol. The Hall–Kier alpha value is -1.25. The second-order valence-corrected chi connectivity index (χ2v) is 5.17. The van der Waals surface area contributed by atoms with Crippen LogP contribution in [0.2, 0.25) is 10.0 Å². The number of halogens is 2. The fraction of sp³-hybridized carbons (Fsp3) is 0.214. The maximum Gasteiger partial charge on any atom is 0.211 e. The predicted molar refractivity (Wildman–Crippen MR) is 74.9 cm³/mol. The van der Waals surface area contributed by atoms with E-state index < -0.39 is 0 Å². The highest BCUT2D eigenvalue weighted by atomic mass is 35.5. The van der Waals surface area contributed by atoms with Crippen molar-refractivity contribution in [2.75, 3.05) is 0 Å². The number of carbonyl (C=O) groups is 1. The Morgan fingerprint density at radius 1 is 1.11 bits per heavy atom. The third-order valence-corrected chi connectivity index (χ3v) is 3.78. The van der Waals surface area contributed by atoms with E-state index in [1.165, 1.54) is 0 Å². The molecule has 1 heterocycles. The largest absolute Gasteiger partial charge is 0.356 e. The van der Waals surface area contributed by atoms with Crippen molar-refractivity contribution >= 4 is 29.0 Å². The molecule has 0 amide bonds. The summed E-state index contributed by atoms with van der Waals surface area (Å²) in [4.78, 5) is 15.5. The average Bonchev–Trinajstić information content (AvgIpc) is 2.59. The van der Waals surface area contributed by atoms with Crippen LogP contribution < -0.4 is 0 Å². The van der Waals surface area contributed by atoms with E-state index in [9.17, 15) is 4.79 Å². The van der Waals surface area contributed by atoms with E-state index in [-0.39, 0.29) is 5.78 Å². The van der Waals surface area contributed by atoms with Crippen LogP contribution in [0.4, 0.5) is 0 Å². The SMILES string of the molecule is Cc1[nH]c(C(=O)c2cc(Cl)ccc2Cl)c(C)c1C. The summed E-state index contributed by atoms with van der Waals surface area (Å²) in [5, 5.41) is 0.911.